The number of rotatable bonds is 4. The summed E-state index contributed by atoms with van der Waals surface area (Å²) in [5.41, 5.74) is 6.99. The van der Waals surface area contributed by atoms with Crippen LogP contribution < -0.4 is 5.73 Å². The first kappa shape index (κ1) is 13.8. The van der Waals surface area contributed by atoms with Crippen molar-refractivity contribution in [3.63, 3.8) is 0 Å². The van der Waals surface area contributed by atoms with Crippen molar-refractivity contribution >= 4 is 5.69 Å². The SMILES string of the molecule is CCN(CC(F)(F)F)C(C)c1ccc(N)cc1. The average Bonchev–Trinajstić information content (AvgIpc) is 2.25. The van der Waals surface area contributed by atoms with Crippen LogP contribution in [0.15, 0.2) is 24.3 Å². The van der Waals surface area contributed by atoms with Gasteiger partial charge in [-0.1, -0.05) is 19.1 Å². The molecule has 0 fully saturated rings. The molecular weight excluding hydrogens is 229 g/mol. The summed E-state index contributed by atoms with van der Waals surface area (Å²) < 4.78 is 37.1. The number of alkyl halides is 3. The molecule has 1 aromatic rings. The Morgan fingerprint density at radius 2 is 1.76 bits per heavy atom. The lowest BCUT2D eigenvalue weighted by Crippen LogP contribution is -2.36. The maximum Gasteiger partial charge on any atom is 0.401 e. The highest BCUT2D eigenvalue weighted by Gasteiger charge is 2.32. The Bertz CT molecular complexity index is 346. The van der Waals surface area contributed by atoms with Crippen molar-refractivity contribution in [2.75, 3.05) is 18.8 Å². The summed E-state index contributed by atoms with van der Waals surface area (Å²) in [6, 6.07) is 6.65. The number of nitrogens with zero attached hydrogens (tertiary/aromatic N) is 1. The highest BCUT2D eigenvalue weighted by molar-refractivity contribution is 5.40. The van der Waals surface area contributed by atoms with Gasteiger partial charge in [-0.15, -0.1) is 0 Å². The van der Waals surface area contributed by atoms with Gasteiger partial charge in [-0.3, -0.25) is 4.90 Å². The van der Waals surface area contributed by atoms with Gasteiger partial charge in [0.15, 0.2) is 0 Å². The summed E-state index contributed by atoms with van der Waals surface area (Å²) in [5, 5.41) is 0. The molecule has 0 aromatic heterocycles. The molecule has 0 spiro atoms. The zero-order valence-corrected chi connectivity index (χ0v) is 9.96. The number of anilines is 1. The zero-order chi connectivity index (χ0) is 13.1. The molecule has 96 valence electrons. The van der Waals surface area contributed by atoms with Crippen LogP contribution in [-0.4, -0.2) is 24.2 Å². The Hall–Kier alpha value is -1.23. The third kappa shape index (κ3) is 4.26. The largest absolute Gasteiger partial charge is 0.401 e. The molecule has 17 heavy (non-hydrogen) atoms. The topological polar surface area (TPSA) is 29.3 Å². The number of hydrogen-bond acceptors (Lipinski definition) is 2. The summed E-state index contributed by atoms with van der Waals surface area (Å²) >= 11 is 0. The second-order valence-corrected chi connectivity index (χ2v) is 4.02. The summed E-state index contributed by atoms with van der Waals surface area (Å²) in [4.78, 5) is 1.38. The summed E-state index contributed by atoms with van der Waals surface area (Å²) in [5.74, 6) is 0. The molecule has 0 saturated carbocycles. The van der Waals surface area contributed by atoms with Crippen LogP contribution in [0.4, 0.5) is 18.9 Å². The van der Waals surface area contributed by atoms with Crippen molar-refractivity contribution in [1.82, 2.24) is 4.90 Å². The van der Waals surface area contributed by atoms with E-state index >= 15 is 0 Å². The first-order valence-corrected chi connectivity index (χ1v) is 5.49. The Kier molecular flexibility index (Phi) is 4.40. The molecule has 0 aliphatic carbocycles. The molecular formula is C12H17F3N2. The van der Waals surface area contributed by atoms with Crippen molar-refractivity contribution in [1.29, 1.82) is 0 Å². The molecule has 1 atom stereocenters. The molecule has 0 heterocycles. The van der Waals surface area contributed by atoms with E-state index in [0.29, 0.717) is 12.2 Å². The van der Waals surface area contributed by atoms with Gasteiger partial charge in [-0.05, 0) is 31.2 Å². The second kappa shape index (κ2) is 5.40. The van der Waals surface area contributed by atoms with Crippen LogP contribution in [0.3, 0.4) is 0 Å². The monoisotopic (exact) mass is 246 g/mol. The van der Waals surface area contributed by atoms with Crippen LogP contribution in [0.1, 0.15) is 25.5 Å². The van der Waals surface area contributed by atoms with Crippen molar-refractivity contribution < 1.29 is 13.2 Å². The number of benzene rings is 1. The first-order chi connectivity index (χ1) is 7.83. The van der Waals surface area contributed by atoms with Crippen LogP contribution >= 0.6 is 0 Å². The van der Waals surface area contributed by atoms with Crippen molar-refractivity contribution in [3.05, 3.63) is 29.8 Å². The molecule has 0 amide bonds. The van der Waals surface area contributed by atoms with E-state index in [0.717, 1.165) is 5.56 Å². The molecule has 0 aliphatic rings. The maximum atomic E-state index is 12.4. The Morgan fingerprint density at radius 3 is 2.18 bits per heavy atom. The van der Waals surface area contributed by atoms with Gasteiger partial charge in [0.2, 0.25) is 0 Å². The van der Waals surface area contributed by atoms with E-state index in [1.54, 1.807) is 38.1 Å². The fourth-order valence-corrected chi connectivity index (χ4v) is 1.74. The van der Waals surface area contributed by atoms with Gasteiger partial charge in [0, 0.05) is 11.7 Å². The maximum absolute atomic E-state index is 12.4. The van der Waals surface area contributed by atoms with Crippen molar-refractivity contribution in [3.8, 4) is 0 Å². The minimum Gasteiger partial charge on any atom is -0.399 e. The van der Waals surface area contributed by atoms with Gasteiger partial charge in [-0.25, -0.2) is 0 Å². The second-order valence-electron chi connectivity index (χ2n) is 4.02. The predicted molar refractivity (Wildman–Crippen MR) is 62.6 cm³/mol. The van der Waals surface area contributed by atoms with Crippen LogP contribution in [-0.2, 0) is 0 Å². The highest BCUT2D eigenvalue weighted by Crippen LogP contribution is 2.25. The summed E-state index contributed by atoms with van der Waals surface area (Å²) in [7, 11) is 0. The molecule has 0 saturated heterocycles. The Morgan fingerprint density at radius 1 is 1.24 bits per heavy atom. The minimum atomic E-state index is -4.17. The molecule has 5 heteroatoms. The quantitative estimate of drug-likeness (QED) is 0.826. The smallest absolute Gasteiger partial charge is 0.399 e. The number of nitrogens with two attached hydrogens (primary N) is 1. The van der Waals surface area contributed by atoms with Crippen molar-refractivity contribution in [2.45, 2.75) is 26.1 Å². The third-order valence-corrected chi connectivity index (χ3v) is 2.76. The molecule has 0 radical (unpaired) electrons. The summed E-state index contributed by atoms with van der Waals surface area (Å²) in [6.45, 7) is 2.94. The molecule has 1 rings (SSSR count). The van der Waals surface area contributed by atoms with Crippen LogP contribution in [0, 0.1) is 0 Å². The number of hydrogen-bond donors (Lipinski definition) is 1. The van der Waals surface area contributed by atoms with Gasteiger partial charge >= 0.3 is 6.18 Å². The minimum absolute atomic E-state index is 0.276. The van der Waals surface area contributed by atoms with Crippen molar-refractivity contribution in [2.24, 2.45) is 0 Å². The molecule has 1 aromatic carbocycles. The van der Waals surface area contributed by atoms with Crippen LogP contribution in [0.5, 0.6) is 0 Å². The van der Waals surface area contributed by atoms with Gasteiger partial charge in [0.1, 0.15) is 0 Å². The lowest BCUT2D eigenvalue weighted by Gasteiger charge is -2.29. The predicted octanol–water partition coefficient (Wildman–Crippen LogP) is 3.21. The van der Waals surface area contributed by atoms with Gasteiger partial charge in [-0.2, -0.15) is 13.2 Å². The van der Waals surface area contributed by atoms with Crippen LogP contribution in [0.2, 0.25) is 0 Å². The normalized spacial score (nSPS) is 14.0. The molecule has 1 unspecified atom stereocenters. The number of halogens is 3. The Balaban J connectivity index is 2.78. The molecule has 0 bridgehead atoms. The zero-order valence-electron chi connectivity index (χ0n) is 9.96. The lowest BCUT2D eigenvalue weighted by atomic mass is 10.1. The van der Waals surface area contributed by atoms with E-state index < -0.39 is 12.7 Å². The summed E-state index contributed by atoms with van der Waals surface area (Å²) in [6.07, 6.45) is -4.17. The Labute approximate surface area is 99.2 Å². The molecule has 0 aliphatic heterocycles. The number of nitrogen functional groups attached to an aromatic ring is 1. The van der Waals surface area contributed by atoms with Gasteiger partial charge in [0.25, 0.3) is 0 Å². The molecule has 2 N–H and O–H groups in total. The fraction of sp³-hybridized carbons (Fsp3) is 0.500. The van der Waals surface area contributed by atoms with Gasteiger partial charge in [0.05, 0.1) is 6.54 Å². The van der Waals surface area contributed by atoms with E-state index in [4.69, 9.17) is 5.73 Å². The van der Waals surface area contributed by atoms with Crippen LogP contribution in [0.25, 0.3) is 0 Å². The highest BCUT2D eigenvalue weighted by atomic mass is 19.4. The van der Waals surface area contributed by atoms with E-state index in [1.165, 1.54) is 4.90 Å². The molecule has 2 nitrogen and oxygen atoms in total. The van der Waals surface area contributed by atoms with E-state index in [-0.39, 0.29) is 6.04 Å². The van der Waals surface area contributed by atoms with E-state index in [9.17, 15) is 13.2 Å². The fourth-order valence-electron chi connectivity index (χ4n) is 1.74. The average molecular weight is 246 g/mol. The third-order valence-electron chi connectivity index (χ3n) is 2.76. The van der Waals surface area contributed by atoms with E-state index in [2.05, 4.69) is 0 Å². The standard InChI is InChI=1S/C12H17F3N2/c1-3-17(8-12(13,14)15)9(2)10-4-6-11(16)7-5-10/h4-7,9H,3,8,16H2,1-2H3. The lowest BCUT2D eigenvalue weighted by molar-refractivity contribution is -0.150. The van der Waals surface area contributed by atoms with E-state index in [1.807, 2.05) is 0 Å². The van der Waals surface area contributed by atoms with Gasteiger partial charge < -0.3 is 5.73 Å². The first-order valence-electron chi connectivity index (χ1n) is 5.49.